The van der Waals surface area contributed by atoms with Gasteiger partial charge in [0, 0.05) is 5.56 Å². The highest BCUT2D eigenvalue weighted by atomic mass is 19.1. The molecule has 0 amide bonds. The van der Waals surface area contributed by atoms with Crippen LogP contribution in [0.1, 0.15) is 24.0 Å². The van der Waals surface area contributed by atoms with Crippen molar-refractivity contribution in [2.24, 2.45) is 0 Å². The Balaban J connectivity index is 2.55. The first kappa shape index (κ1) is 9.21. The summed E-state index contributed by atoms with van der Waals surface area (Å²) in [5, 5.41) is 0. The second kappa shape index (κ2) is 2.81. The number of terminal acetylenes is 1. The van der Waals surface area contributed by atoms with Crippen LogP contribution in [-0.4, -0.2) is 0 Å². The second-order valence-corrected chi connectivity index (χ2v) is 3.81. The topological polar surface area (TPSA) is 0 Å². The van der Waals surface area contributed by atoms with Gasteiger partial charge in [0.2, 0.25) is 0 Å². The van der Waals surface area contributed by atoms with Crippen LogP contribution < -0.4 is 0 Å². The Hall–Kier alpha value is -1.36. The summed E-state index contributed by atoms with van der Waals surface area (Å²) in [7, 11) is 0. The SMILES string of the molecule is C#CC1(c2cc(F)c(C)cc2F)CC1. The first-order chi connectivity index (χ1) is 6.59. The zero-order chi connectivity index (χ0) is 10.3. The van der Waals surface area contributed by atoms with Gasteiger partial charge in [-0.1, -0.05) is 5.92 Å². The van der Waals surface area contributed by atoms with Crippen LogP contribution in [0.5, 0.6) is 0 Å². The second-order valence-electron chi connectivity index (χ2n) is 3.81. The molecule has 0 spiro atoms. The molecule has 1 aromatic rings. The van der Waals surface area contributed by atoms with Gasteiger partial charge in [-0.15, -0.1) is 6.42 Å². The van der Waals surface area contributed by atoms with E-state index in [1.165, 1.54) is 19.1 Å². The van der Waals surface area contributed by atoms with Crippen LogP contribution >= 0.6 is 0 Å². The van der Waals surface area contributed by atoms with E-state index >= 15 is 0 Å². The van der Waals surface area contributed by atoms with Crippen LogP contribution in [0.3, 0.4) is 0 Å². The summed E-state index contributed by atoms with van der Waals surface area (Å²) in [6.07, 6.45) is 6.82. The quantitative estimate of drug-likeness (QED) is 0.600. The average molecular weight is 192 g/mol. The first-order valence-electron chi connectivity index (χ1n) is 4.53. The van der Waals surface area contributed by atoms with Gasteiger partial charge in [0.15, 0.2) is 0 Å². The normalized spacial score (nSPS) is 17.6. The third kappa shape index (κ3) is 1.21. The van der Waals surface area contributed by atoms with Gasteiger partial charge in [0.25, 0.3) is 0 Å². The highest BCUT2D eigenvalue weighted by Crippen LogP contribution is 2.48. The summed E-state index contributed by atoms with van der Waals surface area (Å²) >= 11 is 0. The van der Waals surface area contributed by atoms with Crippen molar-refractivity contribution in [1.82, 2.24) is 0 Å². The minimum Gasteiger partial charge on any atom is -0.207 e. The molecule has 0 heterocycles. The predicted molar refractivity (Wildman–Crippen MR) is 50.8 cm³/mol. The molecule has 0 aromatic heterocycles. The van der Waals surface area contributed by atoms with Crippen LogP contribution in [0.25, 0.3) is 0 Å². The Morgan fingerprint density at radius 2 is 1.93 bits per heavy atom. The van der Waals surface area contributed by atoms with E-state index in [1.807, 2.05) is 0 Å². The molecule has 2 heteroatoms. The fraction of sp³-hybridized carbons (Fsp3) is 0.333. The molecule has 1 aromatic carbocycles. The van der Waals surface area contributed by atoms with Gasteiger partial charge in [-0.05, 0) is 37.5 Å². The van der Waals surface area contributed by atoms with E-state index in [9.17, 15) is 8.78 Å². The third-order valence-electron chi connectivity index (χ3n) is 2.79. The van der Waals surface area contributed by atoms with Crippen LogP contribution in [0.15, 0.2) is 12.1 Å². The number of aryl methyl sites for hydroxylation is 1. The van der Waals surface area contributed by atoms with Crippen LogP contribution in [0.2, 0.25) is 0 Å². The molecular weight excluding hydrogens is 182 g/mol. The van der Waals surface area contributed by atoms with E-state index in [1.54, 1.807) is 0 Å². The Labute approximate surface area is 81.9 Å². The lowest BCUT2D eigenvalue weighted by Gasteiger charge is -2.10. The van der Waals surface area contributed by atoms with Crippen molar-refractivity contribution in [2.45, 2.75) is 25.2 Å². The fourth-order valence-corrected chi connectivity index (χ4v) is 1.63. The average Bonchev–Trinajstić information content (AvgIpc) is 2.92. The zero-order valence-corrected chi connectivity index (χ0v) is 7.90. The van der Waals surface area contributed by atoms with Crippen molar-refractivity contribution in [3.63, 3.8) is 0 Å². The summed E-state index contributed by atoms with van der Waals surface area (Å²) in [6.45, 7) is 1.54. The lowest BCUT2D eigenvalue weighted by Crippen LogP contribution is -2.07. The molecule has 0 saturated heterocycles. The van der Waals surface area contributed by atoms with Crippen molar-refractivity contribution in [1.29, 1.82) is 0 Å². The van der Waals surface area contributed by atoms with Crippen molar-refractivity contribution >= 4 is 0 Å². The summed E-state index contributed by atoms with van der Waals surface area (Å²) in [5.41, 5.74) is 0.126. The molecule has 72 valence electrons. The standard InChI is InChI=1S/C12H10F2/c1-3-12(4-5-12)9-7-10(13)8(2)6-11(9)14/h1,6-7H,4-5H2,2H3. The van der Waals surface area contributed by atoms with Gasteiger partial charge in [0.1, 0.15) is 11.6 Å². The third-order valence-corrected chi connectivity index (χ3v) is 2.79. The van der Waals surface area contributed by atoms with E-state index in [0.717, 1.165) is 12.8 Å². The van der Waals surface area contributed by atoms with Gasteiger partial charge in [-0.2, -0.15) is 0 Å². The maximum atomic E-state index is 13.5. The van der Waals surface area contributed by atoms with Crippen LogP contribution in [-0.2, 0) is 5.41 Å². The maximum absolute atomic E-state index is 13.5. The Bertz CT molecular complexity index is 423. The van der Waals surface area contributed by atoms with Crippen molar-refractivity contribution in [3.05, 3.63) is 34.9 Å². The summed E-state index contributed by atoms with van der Waals surface area (Å²) in [4.78, 5) is 0. The number of rotatable bonds is 1. The minimum atomic E-state index is -0.529. The predicted octanol–water partition coefficient (Wildman–Crippen LogP) is 2.94. The molecule has 2 rings (SSSR count). The number of hydrogen-bond acceptors (Lipinski definition) is 0. The molecule has 0 atom stereocenters. The number of hydrogen-bond donors (Lipinski definition) is 0. The van der Waals surface area contributed by atoms with E-state index < -0.39 is 5.41 Å². The maximum Gasteiger partial charge on any atom is 0.128 e. The molecule has 1 fully saturated rings. The first-order valence-corrected chi connectivity index (χ1v) is 4.53. The summed E-state index contributed by atoms with van der Waals surface area (Å²) in [6, 6.07) is 2.44. The van der Waals surface area contributed by atoms with E-state index in [4.69, 9.17) is 6.42 Å². The smallest absolute Gasteiger partial charge is 0.128 e. The molecule has 1 saturated carbocycles. The highest BCUT2D eigenvalue weighted by Gasteiger charge is 2.44. The molecule has 0 aliphatic heterocycles. The minimum absolute atomic E-state index is 0.319. The molecule has 0 nitrogen and oxygen atoms in total. The molecule has 0 N–H and O–H groups in total. The fourth-order valence-electron chi connectivity index (χ4n) is 1.63. The molecule has 1 aliphatic rings. The molecule has 0 unspecified atom stereocenters. The Morgan fingerprint density at radius 3 is 2.43 bits per heavy atom. The van der Waals surface area contributed by atoms with Crippen LogP contribution in [0.4, 0.5) is 8.78 Å². The molecule has 0 radical (unpaired) electrons. The monoisotopic (exact) mass is 192 g/mol. The lowest BCUT2D eigenvalue weighted by molar-refractivity contribution is 0.571. The molecule has 1 aliphatic carbocycles. The van der Waals surface area contributed by atoms with Crippen molar-refractivity contribution in [3.8, 4) is 12.3 Å². The Morgan fingerprint density at radius 1 is 1.29 bits per heavy atom. The van der Waals surface area contributed by atoms with E-state index in [-0.39, 0.29) is 11.6 Å². The van der Waals surface area contributed by atoms with E-state index in [2.05, 4.69) is 5.92 Å². The van der Waals surface area contributed by atoms with Gasteiger partial charge in [-0.3, -0.25) is 0 Å². The van der Waals surface area contributed by atoms with Crippen molar-refractivity contribution in [2.75, 3.05) is 0 Å². The molecule has 14 heavy (non-hydrogen) atoms. The van der Waals surface area contributed by atoms with Gasteiger partial charge < -0.3 is 0 Å². The van der Waals surface area contributed by atoms with Crippen molar-refractivity contribution < 1.29 is 8.78 Å². The lowest BCUT2D eigenvalue weighted by atomic mass is 9.95. The van der Waals surface area contributed by atoms with Gasteiger partial charge in [-0.25, -0.2) is 8.78 Å². The van der Waals surface area contributed by atoms with E-state index in [0.29, 0.717) is 11.1 Å². The largest absolute Gasteiger partial charge is 0.207 e. The molecular formula is C12H10F2. The number of benzene rings is 1. The summed E-state index contributed by atoms with van der Waals surface area (Å²) < 4.78 is 26.7. The van der Waals surface area contributed by atoms with Gasteiger partial charge in [0.05, 0.1) is 5.41 Å². The summed E-state index contributed by atoms with van der Waals surface area (Å²) in [5.74, 6) is 1.77. The zero-order valence-electron chi connectivity index (χ0n) is 7.90. The number of halogens is 2. The highest BCUT2D eigenvalue weighted by molar-refractivity contribution is 5.42. The Kier molecular flexibility index (Phi) is 1.85. The van der Waals surface area contributed by atoms with Gasteiger partial charge >= 0.3 is 0 Å². The van der Waals surface area contributed by atoms with Crippen LogP contribution in [0, 0.1) is 30.9 Å². The molecule has 0 bridgehead atoms.